The van der Waals surface area contributed by atoms with Gasteiger partial charge in [0.25, 0.3) is 0 Å². The molecule has 4 nitrogen and oxygen atoms in total. The zero-order valence-electron chi connectivity index (χ0n) is 7.16. The summed E-state index contributed by atoms with van der Waals surface area (Å²) in [7, 11) is 0. The molecule has 0 aliphatic rings. The van der Waals surface area contributed by atoms with E-state index in [1.807, 2.05) is 24.3 Å². The summed E-state index contributed by atoms with van der Waals surface area (Å²) in [5, 5.41) is 8.66. The summed E-state index contributed by atoms with van der Waals surface area (Å²) in [5.41, 5.74) is 6.90. The third-order valence-electron chi connectivity index (χ3n) is 1.63. The Balaban J connectivity index is 2.53. The van der Waals surface area contributed by atoms with Gasteiger partial charge in [0.05, 0.1) is 5.69 Å². The summed E-state index contributed by atoms with van der Waals surface area (Å²) < 4.78 is 0. The topological polar surface area (TPSA) is 61.4 Å². The lowest BCUT2D eigenvalue weighted by Gasteiger charge is -2.04. The standard InChI is InChI=1S/C9H12N2O2/c12-6-5-8-1-3-9(4-2-8)11-10-7-13/h1-4,7,11-12H,5-6H2,(H,10,13). The number of aliphatic hydroxyl groups is 1. The van der Waals surface area contributed by atoms with Crippen LogP contribution in [0.2, 0.25) is 0 Å². The molecule has 70 valence electrons. The summed E-state index contributed by atoms with van der Waals surface area (Å²) in [4.78, 5) is 9.94. The lowest BCUT2D eigenvalue weighted by Crippen LogP contribution is -2.18. The van der Waals surface area contributed by atoms with Gasteiger partial charge in [0, 0.05) is 6.61 Å². The summed E-state index contributed by atoms with van der Waals surface area (Å²) in [5.74, 6) is 0. The average molecular weight is 180 g/mol. The Morgan fingerprint density at radius 3 is 2.54 bits per heavy atom. The first-order valence-electron chi connectivity index (χ1n) is 4.02. The fourth-order valence-electron chi connectivity index (χ4n) is 0.997. The van der Waals surface area contributed by atoms with Crippen LogP contribution in [-0.4, -0.2) is 18.1 Å². The number of rotatable bonds is 5. The van der Waals surface area contributed by atoms with Crippen LogP contribution in [0.5, 0.6) is 0 Å². The van der Waals surface area contributed by atoms with Crippen molar-refractivity contribution in [2.75, 3.05) is 12.0 Å². The van der Waals surface area contributed by atoms with Crippen LogP contribution in [0.3, 0.4) is 0 Å². The number of amides is 1. The zero-order chi connectivity index (χ0) is 9.52. The number of anilines is 1. The number of hydrogen-bond acceptors (Lipinski definition) is 3. The molecule has 13 heavy (non-hydrogen) atoms. The Bertz CT molecular complexity index is 259. The van der Waals surface area contributed by atoms with E-state index in [1.54, 1.807) is 0 Å². The number of aliphatic hydroxyl groups excluding tert-OH is 1. The normalized spacial score (nSPS) is 9.31. The van der Waals surface area contributed by atoms with Crippen LogP contribution in [-0.2, 0) is 11.2 Å². The van der Waals surface area contributed by atoms with E-state index in [0.29, 0.717) is 12.8 Å². The molecule has 0 bridgehead atoms. The fraction of sp³-hybridized carbons (Fsp3) is 0.222. The highest BCUT2D eigenvalue weighted by Gasteiger charge is 1.92. The lowest BCUT2D eigenvalue weighted by atomic mass is 10.1. The van der Waals surface area contributed by atoms with E-state index in [0.717, 1.165) is 11.3 Å². The summed E-state index contributed by atoms with van der Waals surface area (Å²) in [6.45, 7) is 0.152. The number of carbonyl (C=O) groups excluding carboxylic acids is 1. The number of nitrogens with one attached hydrogen (secondary N) is 2. The first-order chi connectivity index (χ1) is 6.36. The van der Waals surface area contributed by atoms with Gasteiger partial charge in [0.15, 0.2) is 0 Å². The van der Waals surface area contributed by atoms with E-state index in [1.165, 1.54) is 0 Å². The molecule has 0 aliphatic carbocycles. The largest absolute Gasteiger partial charge is 0.396 e. The molecule has 1 rings (SSSR count). The average Bonchev–Trinajstić information content (AvgIpc) is 2.17. The van der Waals surface area contributed by atoms with Crippen molar-refractivity contribution in [3.8, 4) is 0 Å². The molecule has 0 saturated carbocycles. The molecule has 0 atom stereocenters. The van der Waals surface area contributed by atoms with Crippen molar-refractivity contribution in [3.05, 3.63) is 29.8 Å². The monoisotopic (exact) mass is 180 g/mol. The van der Waals surface area contributed by atoms with Crippen LogP contribution in [0.4, 0.5) is 5.69 Å². The molecule has 0 saturated heterocycles. The van der Waals surface area contributed by atoms with Crippen LogP contribution in [0.25, 0.3) is 0 Å². The van der Waals surface area contributed by atoms with Gasteiger partial charge < -0.3 is 5.11 Å². The molecule has 0 fully saturated rings. The van der Waals surface area contributed by atoms with Gasteiger partial charge in [-0.25, -0.2) is 0 Å². The van der Waals surface area contributed by atoms with E-state index >= 15 is 0 Å². The summed E-state index contributed by atoms with van der Waals surface area (Å²) in [6, 6.07) is 7.46. The zero-order valence-corrected chi connectivity index (χ0v) is 7.16. The molecule has 0 heterocycles. The highest BCUT2D eigenvalue weighted by molar-refractivity contribution is 5.53. The molecule has 1 aromatic carbocycles. The number of hydrogen-bond donors (Lipinski definition) is 3. The Morgan fingerprint density at radius 2 is 2.00 bits per heavy atom. The van der Waals surface area contributed by atoms with Gasteiger partial charge in [-0.1, -0.05) is 12.1 Å². The predicted molar refractivity (Wildman–Crippen MR) is 50.1 cm³/mol. The van der Waals surface area contributed by atoms with Crippen molar-refractivity contribution in [2.45, 2.75) is 6.42 Å². The van der Waals surface area contributed by atoms with Gasteiger partial charge in [0.2, 0.25) is 6.41 Å². The molecule has 0 aliphatic heterocycles. The third-order valence-corrected chi connectivity index (χ3v) is 1.63. The summed E-state index contributed by atoms with van der Waals surface area (Å²) in [6.07, 6.45) is 1.23. The van der Waals surface area contributed by atoms with E-state index in [9.17, 15) is 4.79 Å². The number of carbonyl (C=O) groups is 1. The highest BCUT2D eigenvalue weighted by atomic mass is 16.2. The molecule has 0 unspecified atom stereocenters. The van der Waals surface area contributed by atoms with E-state index in [-0.39, 0.29) is 6.61 Å². The minimum Gasteiger partial charge on any atom is -0.396 e. The molecule has 0 spiro atoms. The number of benzene rings is 1. The van der Waals surface area contributed by atoms with Gasteiger partial charge in [-0.2, -0.15) is 0 Å². The maximum atomic E-state index is 9.94. The Morgan fingerprint density at radius 1 is 1.31 bits per heavy atom. The lowest BCUT2D eigenvalue weighted by molar-refractivity contribution is -0.109. The van der Waals surface area contributed by atoms with Gasteiger partial charge >= 0.3 is 0 Å². The molecule has 3 N–H and O–H groups in total. The van der Waals surface area contributed by atoms with Gasteiger partial charge in [-0.3, -0.25) is 15.6 Å². The number of hydrazine groups is 1. The molecule has 1 amide bonds. The van der Waals surface area contributed by atoms with Crippen molar-refractivity contribution in [2.24, 2.45) is 0 Å². The van der Waals surface area contributed by atoms with E-state index < -0.39 is 0 Å². The van der Waals surface area contributed by atoms with Crippen LogP contribution in [0.1, 0.15) is 5.56 Å². The Kier molecular flexibility index (Phi) is 3.78. The second-order valence-electron chi connectivity index (χ2n) is 2.56. The molecular weight excluding hydrogens is 168 g/mol. The minimum absolute atomic E-state index is 0.152. The smallest absolute Gasteiger partial charge is 0.225 e. The van der Waals surface area contributed by atoms with Crippen molar-refractivity contribution >= 4 is 12.1 Å². The molecule has 0 aromatic heterocycles. The molecule has 0 radical (unpaired) electrons. The Labute approximate surface area is 76.6 Å². The minimum atomic E-state index is 0.152. The highest BCUT2D eigenvalue weighted by Crippen LogP contribution is 2.08. The first kappa shape index (κ1) is 9.54. The van der Waals surface area contributed by atoms with Crippen LogP contribution in [0, 0.1) is 0 Å². The van der Waals surface area contributed by atoms with Crippen molar-refractivity contribution < 1.29 is 9.90 Å². The second-order valence-corrected chi connectivity index (χ2v) is 2.56. The molecule has 1 aromatic rings. The van der Waals surface area contributed by atoms with E-state index in [2.05, 4.69) is 10.9 Å². The second kappa shape index (κ2) is 5.16. The third kappa shape index (κ3) is 3.13. The Hall–Kier alpha value is -1.55. The maximum absolute atomic E-state index is 9.94. The van der Waals surface area contributed by atoms with Gasteiger partial charge in [-0.05, 0) is 24.1 Å². The quantitative estimate of drug-likeness (QED) is 0.451. The molecule has 4 heteroatoms. The van der Waals surface area contributed by atoms with Crippen molar-refractivity contribution in [1.29, 1.82) is 0 Å². The van der Waals surface area contributed by atoms with Crippen LogP contribution < -0.4 is 10.9 Å². The van der Waals surface area contributed by atoms with Gasteiger partial charge in [-0.15, -0.1) is 0 Å². The van der Waals surface area contributed by atoms with E-state index in [4.69, 9.17) is 5.11 Å². The fourth-order valence-corrected chi connectivity index (χ4v) is 0.997. The van der Waals surface area contributed by atoms with Crippen molar-refractivity contribution in [3.63, 3.8) is 0 Å². The SMILES string of the molecule is O=CNNc1ccc(CCO)cc1. The molecular formula is C9H12N2O2. The van der Waals surface area contributed by atoms with Gasteiger partial charge in [0.1, 0.15) is 0 Å². The van der Waals surface area contributed by atoms with Crippen LogP contribution >= 0.6 is 0 Å². The van der Waals surface area contributed by atoms with Crippen molar-refractivity contribution in [1.82, 2.24) is 5.43 Å². The first-order valence-corrected chi connectivity index (χ1v) is 4.02. The predicted octanol–water partition coefficient (Wildman–Crippen LogP) is 0.294. The maximum Gasteiger partial charge on any atom is 0.225 e. The summed E-state index contributed by atoms with van der Waals surface area (Å²) >= 11 is 0. The van der Waals surface area contributed by atoms with Crippen LogP contribution in [0.15, 0.2) is 24.3 Å².